The maximum Gasteiger partial charge on any atom is 0.242 e. The summed E-state index contributed by atoms with van der Waals surface area (Å²) in [6.45, 7) is 6.27. The SMILES string of the molecule is CCC1C(=O)NCCN1C(=O)C(C)(C)N. The lowest BCUT2D eigenvalue weighted by molar-refractivity contribution is -0.146. The predicted octanol–water partition coefficient (Wildman–Crippen LogP) is -0.539. The van der Waals surface area contributed by atoms with Gasteiger partial charge in [-0.2, -0.15) is 0 Å². The molecule has 0 bridgehead atoms. The molecule has 1 saturated heterocycles. The minimum Gasteiger partial charge on any atom is -0.353 e. The summed E-state index contributed by atoms with van der Waals surface area (Å²) < 4.78 is 0. The van der Waals surface area contributed by atoms with Gasteiger partial charge in [0.1, 0.15) is 6.04 Å². The van der Waals surface area contributed by atoms with E-state index >= 15 is 0 Å². The number of carbonyl (C=O) groups excluding carboxylic acids is 2. The van der Waals surface area contributed by atoms with Crippen LogP contribution in [0.2, 0.25) is 0 Å². The normalized spacial score (nSPS) is 22.5. The van der Waals surface area contributed by atoms with Crippen molar-refractivity contribution in [2.45, 2.75) is 38.8 Å². The van der Waals surface area contributed by atoms with Crippen LogP contribution in [0.25, 0.3) is 0 Å². The number of nitrogens with two attached hydrogens (primary N) is 1. The van der Waals surface area contributed by atoms with Crippen molar-refractivity contribution in [1.29, 1.82) is 0 Å². The maximum absolute atomic E-state index is 12.0. The summed E-state index contributed by atoms with van der Waals surface area (Å²) >= 11 is 0. The Morgan fingerprint density at radius 3 is 2.73 bits per heavy atom. The Morgan fingerprint density at radius 1 is 1.67 bits per heavy atom. The molecule has 1 aliphatic heterocycles. The van der Waals surface area contributed by atoms with Crippen LogP contribution >= 0.6 is 0 Å². The fourth-order valence-corrected chi connectivity index (χ4v) is 1.73. The van der Waals surface area contributed by atoms with E-state index in [1.54, 1.807) is 18.7 Å². The first kappa shape index (κ1) is 12.0. The molecule has 0 radical (unpaired) electrons. The quantitative estimate of drug-likeness (QED) is 0.647. The molecular formula is C10H19N3O2. The largest absolute Gasteiger partial charge is 0.353 e. The fraction of sp³-hybridized carbons (Fsp3) is 0.800. The van der Waals surface area contributed by atoms with Crippen LogP contribution in [0.3, 0.4) is 0 Å². The van der Waals surface area contributed by atoms with Gasteiger partial charge in [-0.25, -0.2) is 0 Å². The number of nitrogens with one attached hydrogen (secondary N) is 1. The molecule has 1 fully saturated rings. The van der Waals surface area contributed by atoms with Gasteiger partial charge >= 0.3 is 0 Å². The smallest absolute Gasteiger partial charge is 0.242 e. The van der Waals surface area contributed by atoms with E-state index in [9.17, 15) is 9.59 Å². The van der Waals surface area contributed by atoms with Crippen molar-refractivity contribution in [1.82, 2.24) is 10.2 Å². The van der Waals surface area contributed by atoms with Crippen molar-refractivity contribution in [3.63, 3.8) is 0 Å². The Labute approximate surface area is 90.0 Å². The molecule has 5 nitrogen and oxygen atoms in total. The second-order valence-electron chi connectivity index (χ2n) is 4.44. The van der Waals surface area contributed by atoms with Crippen LogP contribution in [0, 0.1) is 0 Å². The summed E-state index contributed by atoms with van der Waals surface area (Å²) in [6, 6.07) is -0.367. The van der Waals surface area contributed by atoms with Crippen molar-refractivity contribution in [3.05, 3.63) is 0 Å². The molecule has 1 rings (SSSR count). The Kier molecular flexibility index (Phi) is 3.34. The van der Waals surface area contributed by atoms with E-state index in [0.717, 1.165) is 0 Å². The highest BCUT2D eigenvalue weighted by Gasteiger charge is 2.36. The van der Waals surface area contributed by atoms with Gasteiger partial charge in [0.15, 0.2) is 0 Å². The molecule has 1 atom stereocenters. The molecule has 1 unspecified atom stereocenters. The summed E-state index contributed by atoms with van der Waals surface area (Å²) in [5.41, 5.74) is 4.84. The highest BCUT2D eigenvalue weighted by molar-refractivity contribution is 5.92. The van der Waals surface area contributed by atoms with E-state index in [1.165, 1.54) is 0 Å². The molecule has 0 aliphatic carbocycles. The molecule has 15 heavy (non-hydrogen) atoms. The molecule has 2 amide bonds. The number of hydrogen-bond acceptors (Lipinski definition) is 3. The monoisotopic (exact) mass is 213 g/mol. The highest BCUT2D eigenvalue weighted by atomic mass is 16.2. The van der Waals surface area contributed by atoms with Gasteiger partial charge < -0.3 is 16.0 Å². The Hall–Kier alpha value is -1.10. The van der Waals surface area contributed by atoms with Crippen molar-refractivity contribution < 1.29 is 9.59 Å². The molecule has 3 N–H and O–H groups in total. The fourth-order valence-electron chi connectivity index (χ4n) is 1.73. The molecule has 0 aromatic carbocycles. The Bertz CT molecular complexity index is 270. The van der Waals surface area contributed by atoms with Crippen molar-refractivity contribution in [3.8, 4) is 0 Å². The van der Waals surface area contributed by atoms with Crippen molar-refractivity contribution in [2.24, 2.45) is 5.73 Å². The third-order valence-corrected chi connectivity index (χ3v) is 2.53. The topological polar surface area (TPSA) is 75.4 Å². The van der Waals surface area contributed by atoms with Crippen LogP contribution in [0.5, 0.6) is 0 Å². The first-order chi connectivity index (χ1) is 6.88. The zero-order chi connectivity index (χ0) is 11.6. The molecule has 0 aromatic heterocycles. The number of carbonyl (C=O) groups is 2. The molecule has 0 saturated carbocycles. The summed E-state index contributed by atoms with van der Waals surface area (Å²) in [5.74, 6) is -0.245. The molecule has 0 spiro atoms. The summed E-state index contributed by atoms with van der Waals surface area (Å²) in [7, 11) is 0. The number of piperazine rings is 1. The average Bonchev–Trinajstić information content (AvgIpc) is 2.14. The average molecular weight is 213 g/mol. The summed E-state index contributed by atoms with van der Waals surface area (Å²) in [4.78, 5) is 25.1. The summed E-state index contributed by atoms with van der Waals surface area (Å²) in [5, 5.41) is 2.75. The van der Waals surface area contributed by atoms with Crippen LogP contribution < -0.4 is 11.1 Å². The standard InChI is InChI=1S/C10H19N3O2/c1-4-7-8(14)12-5-6-13(7)9(15)10(2,3)11/h7H,4-6,11H2,1-3H3,(H,12,14). The molecule has 86 valence electrons. The van der Waals surface area contributed by atoms with Gasteiger partial charge in [0.2, 0.25) is 11.8 Å². The second-order valence-corrected chi connectivity index (χ2v) is 4.44. The first-order valence-corrected chi connectivity index (χ1v) is 5.25. The van der Waals surface area contributed by atoms with E-state index in [0.29, 0.717) is 19.5 Å². The van der Waals surface area contributed by atoms with E-state index in [4.69, 9.17) is 5.73 Å². The van der Waals surface area contributed by atoms with E-state index < -0.39 is 5.54 Å². The maximum atomic E-state index is 12.0. The van der Waals surface area contributed by atoms with Crippen molar-refractivity contribution >= 4 is 11.8 Å². The lowest BCUT2D eigenvalue weighted by Crippen LogP contribution is -2.62. The minimum atomic E-state index is -0.912. The van der Waals surface area contributed by atoms with Gasteiger partial charge in [0.05, 0.1) is 5.54 Å². The molecule has 0 aromatic rings. The van der Waals surface area contributed by atoms with Gasteiger partial charge in [-0.1, -0.05) is 6.92 Å². The van der Waals surface area contributed by atoms with E-state index in [-0.39, 0.29) is 17.9 Å². The third-order valence-electron chi connectivity index (χ3n) is 2.53. The van der Waals surface area contributed by atoms with Crippen LogP contribution in [-0.2, 0) is 9.59 Å². The Morgan fingerprint density at radius 2 is 2.27 bits per heavy atom. The molecular weight excluding hydrogens is 194 g/mol. The number of hydrogen-bond donors (Lipinski definition) is 2. The van der Waals surface area contributed by atoms with Gasteiger partial charge in [0, 0.05) is 13.1 Å². The zero-order valence-corrected chi connectivity index (χ0v) is 9.54. The van der Waals surface area contributed by atoms with Crippen LogP contribution in [0.1, 0.15) is 27.2 Å². The van der Waals surface area contributed by atoms with Gasteiger partial charge in [0.25, 0.3) is 0 Å². The lowest BCUT2D eigenvalue weighted by atomic mass is 10.0. The number of nitrogens with zero attached hydrogens (tertiary/aromatic N) is 1. The van der Waals surface area contributed by atoms with Crippen LogP contribution in [0.4, 0.5) is 0 Å². The molecule has 1 aliphatic rings. The van der Waals surface area contributed by atoms with Gasteiger partial charge in [-0.15, -0.1) is 0 Å². The minimum absolute atomic E-state index is 0.0821. The van der Waals surface area contributed by atoms with E-state index in [2.05, 4.69) is 5.32 Å². The van der Waals surface area contributed by atoms with Crippen LogP contribution in [0.15, 0.2) is 0 Å². The summed E-state index contributed by atoms with van der Waals surface area (Å²) in [6.07, 6.45) is 0.619. The number of rotatable bonds is 2. The van der Waals surface area contributed by atoms with Gasteiger partial charge in [-0.3, -0.25) is 9.59 Å². The second kappa shape index (κ2) is 4.18. The lowest BCUT2D eigenvalue weighted by Gasteiger charge is -2.37. The number of amides is 2. The van der Waals surface area contributed by atoms with E-state index in [1.807, 2.05) is 6.92 Å². The molecule has 5 heteroatoms. The zero-order valence-electron chi connectivity index (χ0n) is 9.54. The van der Waals surface area contributed by atoms with Crippen molar-refractivity contribution in [2.75, 3.05) is 13.1 Å². The van der Waals surface area contributed by atoms with Crippen LogP contribution in [-0.4, -0.2) is 41.4 Å². The first-order valence-electron chi connectivity index (χ1n) is 5.25. The highest BCUT2D eigenvalue weighted by Crippen LogP contribution is 2.13. The Balaban J connectivity index is 2.83. The molecule has 1 heterocycles. The predicted molar refractivity (Wildman–Crippen MR) is 57.1 cm³/mol. The third kappa shape index (κ3) is 2.47. The van der Waals surface area contributed by atoms with Gasteiger partial charge in [-0.05, 0) is 20.3 Å².